The van der Waals surface area contributed by atoms with E-state index in [4.69, 9.17) is 14.6 Å². The zero-order chi connectivity index (χ0) is 17.5. The van der Waals surface area contributed by atoms with Crippen LogP contribution >= 0.6 is 0 Å². The maximum Gasteiger partial charge on any atom is 0.220 e. The lowest BCUT2D eigenvalue weighted by molar-refractivity contribution is -0.262. The van der Waals surface area contributed by atoms with Crippen molar-refractivity contribution < 1.29 is 29.6 Å². The lowest BCUT2D eigenvalue weighted by Crippen LogP contribution is -2.64. The molecule has 4 N–H and O–H groups in total. The van der Waals surface area contributed by atoms with E-state index < -0.39 is 37.3 Å². The molecule has 0 bridgehead atoms. The Hall–Kier alpha value is -1.51. The van der Waals surface area contributed by atoms with Gasteiger partial charge in [0.2, 0.25) is 5.91 Å². The van der Waals surface area contributed by atoms with Crippen LogP contribution in [0.2, 0.25) is 0 Å². The molecule has 7 heteroatoms. The Morgan fingerprint density at radius 3 is 2.58 bits per heavy atom. The zero-order valence-corrected chi connectivity index (χ0v) is 13.7. The molecule has 2 rings (SSSR count). The summed E-state index contributed by atoms with van der Waals surface area (Å²) in [4.78, 5) is 12.1. The van der Waals surface area contributed by atoms with Crippen LogP contribution in [-0.4, -0.2) is 65.6 Å². The number of benzene rings is 1. The largest absolute Gasteiger partial charge is 0.394 e. The molecule has 0 spiro atoms. The van der Waals surface area contributed by atoms with Crippen molar-refractivity contribution >= 4 is 5.91 Å². The second-order valence-electron chi connectivity index (χ2n) is 5.87. The second kappa shape index (κ2) is 9.10. The minimum absolute atomic E-state index is 0.254. The summed E-state index contributed by atoms with van der Waals surface area (Å²) >= 11 is 0. The average molecular weight is 339 g/mol. The summed E-state index contributed by atoms with van der Waals surface area (Å²) < 4.78 is 10.5. The normalized spacial score (nSPS) is 30.1. The van der Waals surface area contributed by atoms with Crippen molar-refractivity contribution in [3.8, 4) is 0 Å². The SMILES string of the molecule is CO[C@H]1O[C@H](CO)[C@@H](O)[C@H](O)[C@H]1NC(=O)CCCc1ccccc1. The highest BCUT2D eigenvalue weighted by atomic mass is 16.7. The van der Waals surface area contributed by atoms with Gasteiger partial charge in [-0.2, -0.15) is 0 Å². The third kappa shape index (κ3) is 4.75. The molecule has 0 aliphatic carbocycles. The number of nitrogens with one attached hydrogen (secondary N) is 1. The molecule has 0 unspecified atom stereocenters. The van der Waals surface area contributed by atoms with E-state index in [0.717, 1.165) is 12.0 Å². The van der Waals surface area contributed by atoms with Gasteiger partial charge in [0.1, 0.15) is 24.4 Å². The van der Waals surface area contributed by atoms with Crippen LogP contribution in [0.5, 0.6) is 0 Å². The number of carbonyl (C=O) groups is 1. The number of ether oxygens (including phenoxy) is 2. The lowest BCUT2D eigenvalue weighted by atomic mass is 9.96. The van der Waals surface area contributed by atoms with Crippen molar-refractivity contribution in [2.45, 2.75) is 49.9 Å². The van der Waals surface area contributed by atoms with Gasteiger partial charge >= 0.3 is 0 Å². The Balaban J connectivity index is 1.85. The van der Waals surface area contributed by atoms with Crippen LogP contribution in [0.15, 0.2) is 30.3 Å². The van der Waals surface area contributed by atoms with E-state index in [-0.39, 0.29) is 12.3 Å². The molecule has 7 nitrogen and oxygen atoms in total. The Morgan fingerprint density at radius 2 is 1.96 bits per heavy atom. The molecule has 1 amide bonds. The highest BCUT2D eigenvalue weighted by Gasteiger charge is 2.45. The Kier molecular flexibility index (Phi) is 7.14. The van der Waals surface area contributed by atoms with E-state index in [0.29, 0.717) is 6.42 Å². The van der Waals surface area contributed by atoms with E-state index in [2.05, 4.69) is 5.32 Å². The number of methoxy groups -OCH3 is 1. The fourth-order valence-corrected chi connectivity index (χ4v) is 2.79. The molecule has 1 aromatic carbocycles. The van der Waals surface area contributed by atoms with Gasteiger partial charge < -0.3 is 30.1 Å². The van der Waals surface area contributed by atoms with Crippen molar-refractivity contribution in [3.05, 3.63) is 35.9 Å². The minimum Gasteiger partial charge on any atom is -0.394 e. The summed E-state index contributed by atoms with van der Waals surface area (Å²) in [7, 11) is 1.37. The van der Waals surface area contributed by atoms with Crippen LogP contribution < -0.4 is 5.32 Å². The third-order valence-electron chi connectivity index (χ3n) is 4.15. The molecule has 0 saturated carbocycles. The number of amides is 1. The first kappa shape index (κ1) is 18.8. The van der Waals surface area contributed by atoms with Gasteiger partial charge in [-0.1, -0.05) is 30.3 Å². The van der Waals surface area contributed by atoms with E-state index in [9.17, 15) is 15.0 Å². The minimum atomic E-state index is -1.30. The smallest absolute Gasteiger partial charge is 0.220 e. The van der Waals surface area contributed by atoms with Gasteiger partial charge in [-0.3, -0.25) is 4.79 Å². The van der Waals surface area contributed by atoms with Gasteiger partial charge in [0.15, 0.2) is 6.29 Å². The molecule has 24 heavy (non-hydrogen) atoms. The zero-order valence-electron chi connectivity index (χ0n) is 13.7. The van der Waals surface area contributed by atoms with E-state index in [1.165, 1.54) is 7.11 Å². The molecule has 1 fully saturated rings. The molecule has 1 aliphatic heterocycles. The predicted octanol–water partition coefficient (Wildman–Crippen LogP) is -0.420. The summed E-state index contributed by atoms with van der Waals surface area (Å²) in [5.41, 5.74) is 1.15. The van der Waals surface area contributed by atoms with Crippen molar-refractivity contribution in [1.82, 2.24) is 5.32 Å². The van der Waals surface area contributed by atoms with Gasteiger partial charge in [0.25, 0.3) is 0 Å². The topological polar surface area (TPSA) is 108 Å². The number of carbonyl (C=O) groups excluding carboxylic acids is 1. The Morgan fingerprint density at radius 1 is 1.25 bits per heavy atom. The Labute approximate surface area is 141 Å². The van der Waals surface area contributed by atoms with E-state index in [1.54, 1.807) is 0 Å². The summed E-state index contributed by atoms with van der Waals surface area (Å²) in [6, 6.07) is 8.96. The van der Waals surface area contributed by atoms with Crippen molar-refractivity contribution in [2.75, 3.05) is 13.7 Å². The molecule has 1 saturated heterocycles. The molecule has 0 radical (unpaired) electrons. The number of aliphatic hydroxyl groups excluding tert-OH is 3. The van der Waals surface area contributed by atoms with Crippen LogP contribution in [0.1, 0.15) is 18.4 Å². The first-order valence-electron chi connectivity index (χ1n) is 8.05. The molecule has 1 aliphatic rings. The van der Waals surface area contributed by atoms with Gasteiger partial charge in [-0.25, -0.2) is 0 Å². The predicted molar refractivity (Wildman–Crippen MR) is 86.1 cm³/mol. The number of hydrogen-bond donors (Lipinski definition) is 4. The number of aryl methyl sites for hydroxylation is 1. The molecular weight excluding hydrogens is 314 g/mol. The maximum atomic E-state index is 12.1. The highest BCUT2D eigenvalue weighted by molar-refractivity contribution is 5.76. The first-order valence-corrected chi connectivity index (χ1v) is 8.05. The first-order chi connectivity index (χ1) is 11.6. The molecule has 5 atom stereocenters. The van der Waals surface area contributed by atoms with Crippen molar-refractivity contribution in [3.63, 3.8) is 0 Å². The van der Waals surface area contributed by atoms with Crippen molar-refractivity contribution in [1.29, 1.82) is 0 Å². The fourth-order valence-electron chi connectivity index (χ4n) is 2.79. The summed E-state index contributed by atoms with van der Waals surface area (Å²) in [5.74, 6) is -0.254. The second-order valence-corrected chi connectivity index (χ2v) is 5.87. The number of aliphatic hydroxyl groups is 3. The van der Waals surface area contributed by atoms with E-state index in [1.807, 2.05) is 30.3 Å². The lowest BCUT2D eigenvalue weighted by Gasteiger charge is -2.41. The average Bonchev–Trinajstić information content (AvgIpc) is 2.60. The molecular formula is C17H25NO6. The van der Waals surface area contributed by atoms with Gasteiger partial charge in [0.05, 0.1) is 6.61 Å². The Bertz CT molecular complexity index is 509. The summed E-state index contributed by atoms with van der Waals surface area (Å²) in [6.45, 7) is -0.449. The van der Waals surface area contributed by atoms with Gasteiger partial charge in [-0.05, 0) is 18.4 Å². The fraction of sp³-hybridized carbons (Fsp3) is 0.588. The van der Waals surface area contributed by atoms with Crippen LogP contribution in [0.25, 0.3) is 0 Å². The highest BCUT2D eigenvalue weighted by Crippen LogP contribution is 2.21. The number of hydrogen-bond acceptors (Lipinski definition) is 6. The van der Waals surface area contributed by atoms with Crippen LogP contribution in [0.3, 0.4) is 0 Å². The molecule has 0 aromatic heterocycles. The standard InChI is InChI=1S/C17H25NO6/c1-23-17-14(16(22)15(21)12(10-19)24-17)18-13(20)9-5-8-11-6-3-2-4-7-11/h2-4,6-7,12,14-17,19,21-22H,5,8-10H2,1H3,(H,18,20)/t12-,14-,15-,16-,17+/m1/s1. The molecule has 1 aromatic rings. The summed E-state index contributed by atoms with van der Waals surface area (Å²) in [5, 5.41) is 31.9. The quantitative estimate of drug-likeness (QED) is 0.537. The van der Waals surface area contributed by atoms with Crippen LogP contribution in [0, 0.1) is 0 Å². The monoisotopic (exact) mass is 339 g/mol. The summed E-state index contributed by atoms with van der Waals surface area (Å²) in [6.07, 6.45) is -2.72. The van der Waals surface area contributed by atoms with Crippen LogP contribution in [-0.2, 0) is 20.7 Å². The van der Waals surface area contributed by atoms with Crippen molar-refractivity contribution in [2.24, 2.45) is 0 Å². The third-order valence-corrected chi connectivity index (χ3v) is 4.15. The number of rotatable bonds is 7. The van der Waals surface area contributed by atoms with Crippen LogP contribution in [0.4, 0.5) is 0 Å². The molecule has 134 valence electrons. The van der Waals surface area contributed by atoms with Gasteiger partial charge in [-0.15, -0.1) is 0 Å². The maximum absolute atomic E-state index is 12.1. The van der Waals surface area contributed by atoms with E-state index >= 15 is 0 Å². The molecule has 1 heterocycles. The van der Waals surface area contributed by atoms with Gasteiger partial charge in [0, 0.05) is 13.5 Å².